The van der Waals surface area contributed by atoms with Crippen molar-refractivity contribution in [2.45, 2.75) is 51.6 Å². The van der Waals surface area contributed by atoms with Crippen LogP contribution in [0.2, 0.25) is 0 Å². The van der Waals surface area contributed by atoms with Gasteiger partial charge in [-0.15, -0.1) is 11.3 Å². The monoisotopic (exact) mass is 293 g/mol. The van der Waals surface area contributed by atoms with Crippen LogP contribution in [-0.4, -0.2) is 28.6 Å². The number of thiophene rings is 1. The minimum Gasteiger partial charge on any atom is -0.481 e. The molecule has 1 aliphatic heterocycles. The van der Waals surface area contributed by atoms with Gasteiger partial charge in [-0.05, 0) is 55.5 Å². The maximum Gasteiger partial charge on any atom is 0.308 e. The first kappa shape index (κ1) is 14.1. The maximum atomic E-state index is 11.6. The van der Waals surface area contributed by atoms with Crippen LogP contribution in [0, 0.1) is 11.8 Å². The van der Waals surface area contributed by atoms with Crippen molar-refractivity contribution in [3.63, 3.8) is 0 Å². The zero-order valence-corrected chi connectivity index (χ0v) is 13.0. The minimum atomic E-state index is -0.606. The topological polar surface area (TPSA) is 40.5 Å². The number of carboxylic acids is 1. The third kappa shape index (κ3) is 2.40. The van der Waals surface area contributed by atoms with Gasteiger partial charge in [0, 0.05) is 23.5 Å². The third-order valence-electron chi connectivity index (χ3n) is 5.15. The molecule has 0 spiro atoms. The summed E-state index contributed by atoms with van der Waals surface area (Å²) in [5.41, 5.74) is 1.42. The van der Waals surface area contributed by atoms with E-state index >= 15 is 0 Å². The molecule has 4 unspecified atom stereocenters. The summed E-state index contributed by atoms with van der Waals surface area (Å²) in [6.07, 6.45) is 4.00. The molecule has 1 aromatic rings. The van der Waals surface area contributed by atoms with Crippen LogP contribution in [0.15, 0.2) is 11.4 Å². The van der Waals surface area contributed by atoms with Crippen molar-refractivity contribution in [3.8, 4) is 0 Å². The van der Waals surface area contributed by atoms with Gasteiger partial charge in [-0.3, -0.25) is 9.69 Å². The van der Waals surface area contributed by atoms with E-state index in [4.69, 9.17) is 0 Å². The van der Waals surface area contributed by atoms with Gasteiger partial charge in [0.15, 0.2) is 0 Å². The zero-order valence-electron chi connectivity index (χ0n) is 12.2. The van der Waals surface area contributed by atoms with Gasteiger partial charge in [0.25, 0.3) is 0 Å². The summed E-state index contributed by atoms with van der Waals surface area (Å²) in [5.74, 6) is -0.147. The Labute approximate surface area is 124 Å². The van der Waals surface area contributed by atoms with Crippen molar-refractivity contribution in [2.75, 3.05) is 6.54 Å². The molecular weight excluding hydrogens is 270 g/mol. The van der Waals surface area contributed by atoms with Crippen LogP contribution in [-0.2, 0) is 11.2 Å². The Bertz CT molecular complexity index is 498. The van der Waals surface area contributed by atoms with Gasteiger partial charge < -0.3 is 5.11 Å². The molecule has 3 nitrogen and oxygen atoms in total. The summed E-state index contributed by atoms with van der Waals surface area (Å²) in [5, 5.41) is 11.7. The molecule has 0 saturated heterocycles. The first-order valence-corrected chi connectivity index (χ1v) is 8.50. The van der Waals surface area contributed by atoms with E-state index < -0.39 is 5.97 Å². The van der Waals surface area contributed by atoms with Crippen LogP contribution in [0.25, 0.3) is 0 Å². The Morgan fingerprint density at radius 3 is 2.95 bits per heavy atom. The fourth-order valence-corrected chi connectivity index (χ4v) is 4.95. The van der Waals surface area contributed by atoms with Gasteiger partial charge in [-0.2, -0.15) is 0 Å². The quantitative estimate of drug-likeness (QED) is 0.906. The number of aliphatic carboxylic acids is 1. The first-order chi connectivity index (χ1) is 9.58. The second-order valence-electron chi connectivity index (χ2n) is 6.39. The lowest BCUT2D eigenvalue weighted by Gasteiger charge is -2.45. The highest BCUT2D eigenvalue weighted by atomic mass is 32.1. The Kier molecular flexibility index (Phi) is 3.87. The van der Waals surface area contributed by atoms with Crippen LogP contribution >= 0.6 is 11.3 Å². The summed E-state index contributed by atoms with van der Waals surface area (Å²) in [7, 11) is 0. The van der Waals surface area contributed by atoms with Gasteiger partial charge in [0.2, 0.25) is 0 Å². The zero-order chi connectivity index (χ0) is 14.3. The van der Waals surface area contributed by atoms with Gasteiger partial charge >= 0.3 is 5.97 Å². The lowest BCUT2D eigenvalue weighted by Crippen LogP contribution is -2.49. The molecule has 3 rings (SSSR count). The molecule has 1 aromatic heterocycles. The van der Waals surface area contributed by atoms with Crippen molar-refractivity contribution < 1.29 is 9.90 Å². The molecule has 0 radical (unpaired) electrons. The molecule has 1 saturated carbocycles. The van der Waals surface area contributed by atoms with E-state index in [0.717, 1.165) is 32.2 Å². The molecule has 0 amide bonds. The highest BCUT2D eigenvalue weighted by Crippen LogP contribution is 2.40. The van der Waals surface area contributed by atoms with Gasteiger partial charge in [-0.1, -0.05) is 6.92 Å². The van der Waals surface area contributed by atoms with E-state index in [1.165, 1.54) is 10.4 Å². The Morgan fingerprint density at radius 1 is 1.40 bits per heavy atom. The molecule has 0 bridgehead atoms. The van der Waals surface area contributed by atoms with Crippen LogP contribution in [0.1, 0.15) is 49.6 Å². The van der Waals surface area contributed by atoms with E-state index in [2.05, 4.69) is 30.2 Å². The molecule has 0 aromatic carbocycles. The number of fused-ring (bicyclic) bond motifs is 1. The Hall–Kier alpha value is -0.870. The smallest absolute Gasteiger partial charge is 0.308 e. The van der Waals surface area contributed by atoms with E-state index in [9.17, 15) is 9.90 Å². The van der Waals surface area contributed by atoms with Crippen molar-refractivity contribution >= 4 is 17.3 Å². The number of hydrogen-bond acceptors (Lipinski definition) is 3. The summed E-state index contributed by atoms with van der Waals surface area (Å²) < 4.78 is 0. The fraction of sp³-hybridized carbons (Fsp3) is 0.688. The highest BCUT2D eigenvalue weighted by Gasteiger charge is 2.40. The summed E-state index contributed by atoms with van der Waals surface area (Å²) in [4.78, 5) is 15.5. The lowest BCUT2D eigenvalue weighted by molar-refractivity contribution is -0.146. The van der Waals surface area contributed by atoms with E-state index in [1.807, 2.05) is 11.3 Å². The van der Waals surface area contributed by atoms with Crippen molar-refractivity contribution in [1.82, 2.24) is 4.90 Å². The van der Waals surface area contributed by atoms with E-state index in [0.29, 0.717) is 12.0 Å². The number of nitrogens with zero attached hydrogens (tertiary/aromatic N) is 1. The number of carbonyl (C=O) groups is 1. The standard InChI is InChI=1S/C16H23NO2S/c1-10-3-4-13(16(18)19)14(9-10)17-7-5-15-12(11(17)2)6-8-20-15/h6,8,10-11,13-14H,3-5,7,9H2,1-2H3,(H,18,19). The van der Waals surface area contributed by atoms with E-state index in [-0.39, 0.29) is 12.0 Å². The van der Waals surface area contributed by atoms with Gasteiger partial charge in [-0.25, -0.2) is 0 Å². The number of hydrogen-bond donors (Lipinski definition) is 1. The lowest BCUT2D eigenvalue weighted by atomic mass is 9.77. The predicted molar refractivity (Wildman–Crippen MR) is 81.1 cm³/mol. The van der Waals surface area contributed by atoms with Crippen molar-refractivity contribution in [2.24, 2.45) is 11.8 Å². The average Bonchev–Trinajstić information content (AvgIpc) is 2.88. The predicted octanol–water partition coefficient (Wildman–Crippen LogP) is 3.56. The molecule has 110 valence electrons. The molecular formula is C16H23NO2S. The van der Waals surface area contributed by atoms with Crippen LogP contribution in [0.5, 0.6) is 0 Å². The molecule has 2 heterocycles. The van der Waals surface area contributed by atoms with Crippen molar-refractivity contribution in [1.29, 1.82) is 0 Å². The maximum absolute atomic E-state index is 11.6. The fourth-order valence-electron chi connectivity index (χ4n) is 3.99. The summed E-state index contributed by atoms with van der Waals surface area (Å²) in [6.45, 7) is 5.51. The number of carboxylic acid groups (broad SMARTS) is 1. The Morgan fingerprint density at radius 2 is 2.20 bits per heavy atom. The number of rotatable bonds is 2. The average molecular weight is 293 g/mol. The van der Waals surface area contributed by atoms with E-state index in [1.54, 1.807) is 0 Å². The SMILES string of the molecule is CC1CCC(C(=O)O)C(N2CCc3sccc3C2C)C1. The third-order valence-corrected chi connectivity index (χ3v) is 6.14. The minimum absolute atomic E-state index is 0.186. The first-order valence-electron chi connectivity index (χ1n) is 7.62. The van der Waals surface area contributed by atoms with Gasteiger partial charge in [0.1, 0.15) is 0 Å². The molecule has 4 heteroatoms. The second-order valence-corrected chi connectivity index (χ2v) is 7.39. The van der Waals surface area contributed by atoms with Crippen LogP contribution in [0.4, 0.5) is 0 Å². The second kappa shape index (κ2) is 5.49. The normalized spacial score (nSPS) is 34.7. The molecule has 4 atom stereocenters. The molecule has 2 aliphatic rings. The highest BCUT2D eigenvalue weighted by molar-refractivity contribution is 7.10. The summed E-state index contributed by atoms with van der Waals surface area (Å²) in [6, 6.07) is 2.79. The van der Waals surface area contributed by atoms with Crippen LogP contribution in [0.3, 0.4) is 0 Å². The molecule has 1 aliphatic carbocycles. The molecule has 1 fully saturated rings. The van der Waals surface area contributed by atoms with Gasteiger partial charge in [0.05, 0.1) is 5.92 Å². The molecule has 20 heavy (non-hydrogen) atoms. The largest absolute Gasteiger partial charge is 0.481 e. The Balaban J connectivity index is 1.85. The summed E-state index contributed by atoms with van der Waals surface area (Å²) >= 11 is 1.84. The van der Waals surface area contributed by atoms with Crippen LogP contribution < -0.4 is 0 Å². The molecule has 1 N–H and O–H groups in total. The van der Waals surface area contributed by atoms with Crippen molar-refractivity contribution in [3.05, 3.63) is 21.9 Å².